The van der Waals surface area contributed by atoms with Crippen LogP contribution < -0.4 is 0 Å². The SMILES string of the molecule is CC1=CN(C(=O)OC(C)(C)C)C2CC=CC=C12. The van der Waals surface area contributed by atoms with Gasteiger partial charge in [-0.3, -0.25) is 4.90 Å². The van der Waals surface area contributed by atoms with Gasteiger partial charge in [0.15, 0.2) is 0 Å². The Balaban J connectivity index is 2.16. The minimum atomic E-state index is -0.449. The van der Waals surface area contributed by atoms with E-state index >= 15 is 0 Å². The summed E-state index contributed by atoms with van der Waals surface area (Å²) in [5, 5.41) is 0. The van der Waals surface area contributed by atoms with Gasteiger partial charge in [0.25, 0.3) is 0 Å². The van der Waals surface area contributed by atoms with E-state index in [4.69, 9.17) is 4.74 Å². The normalized spacial score (nSPS) is 23.1. The van der Waals surface area contributed by atoms with E-state index in [0.717, 1.165) is 12.0 Å². The van der Waals surface area contributed by atoms with Crippen molar-refractivity contribution in [2.45, 2.75) is 45.8 Å². The predicted octanol–water partition coefficient (Wildman–Crippen LogP) is 3.40. The minimum Gasteiger partial charge on any atom is -0.443 e. The molecule has 0 N–H and O–H groups in total. The number of amides is 1. The molecule has 0 fully saturated rings. The summed E-state index contributed by atoms with van der Waals surface area (Å²) in [4.78, 5) is 13.8. The maximum Gasteiger partial charge on any atom is 0.414 e. The minimum absolute atomic E-state index is 0.120. The third-order valence-corrected chi connectivity index (χ3v) is 2.86. The van der Waals surface area contributed by atoms with Crippen molar-refractivity contribution in [1.82, 2.24) is 4.90 Å². The van der Waals surface area contributed by atoms with Crippen molar-refractivity contribution in [2.24, 2.45) is 0 Å². The molecule has 0 aromatic rings. The Morgan fingerprint density at radius 3 is 2.82 bits per heavy atom. The molecule has 0 radical (unpaired) electrons. The molecule has 0 aromatic heterocycles. The molecule has 0 saturated heterocycles. The van der Waals surface area contributed by atoms with Crippen molar-refractivity contribution < 1.29 is 9.53 Å². The Hall–Kier alpha value is -1.51. The summed E-state index contributed by atoms with van der Waals surface area (Å²) in [6.07, 6.45) is 8.68. The Kier molecular flexibility index (Phi) is 2.86. The molecule has 2 rings (SSSR count). The van der Waals surface area contributed by atoms with Crippen molar-refractivity contribution >= 4 is 6.09 Å². The quantitative estimate of drug-likeness (QED) is 0.641. The molecular formula is C14H19NO2. The van der Waals surface area contributed by atoms with Crippen LogP contribution in [0.2, 0.25) is 0 Å². The Labute approximate surface area is 102 Å². The van der Waals surface area contributed by atoms with Gasteiger partial charge in [-0.2, -0.15) is 0 Å². The molecule has 1 aliphatic carbocycles. The fourth-order valence-corrected chi connectivity index (χ4v) is 2.14. The van der Waals surface area contributed by atoms with Crippen molar-refractivity contribution in [1.29, 1.82) is 0 Å². The lowest BCUT2D eigenvalue weighted by Gasteiger charge is -2.28. The van der Waals surface area contributed by atoms with Gasteiger partial charge in [-0.1, -0.05) is 18.2 Å². The first-order valence-electron chi connectivity index (χ1n) is 5.95. The highest BCUT2D eigenvalue weighted by Gasteiger charge is 2.34. The molecular weight excluding hydrogens is 214 g/mol. The summed E-state index contributed by atoms with van der Waals surface area (Å²) >= 11 is 0. The van der Waals surface area contributed by atoms with Gasteiger partial charge in [-0.25, -0.2) is 4.79 Å². The van der Waals surface area contributed by atoms with Crippen LogP contribution in [0.4, 0.5) is 4.79 Å². The second kappa shape index (κ2) is 4.06. The number of rotatable bonds is 0. The second-order valence-electron chi connectivity index (χ2n) is 5.50. The van der Waals surface area contributed by atoms with E-state index in [0.29, 0.717) is 0 Å². The second-order valence-corrected chi connectivity index (χ2v) is 5.50. The Morgan fingerprint density at radius 1 is 1.47 bits per heavy atom. The topological polar surface area (TPSA) is 29.5 Å². The molecule has 0 saturated carbocycles. The molecule has 3 heteroatoms. The smallest absolute Gasteiger partial charge is 0.414 e. The Morgan fingerprint density at radius 2 is 2.18 bits per heavy atom. The average molecular weight is 233 g/mol. The summed E-state index contributed by atoms with van der Waals surface area (Å²) in [6.45, 7) is 7.68. The molecule has 92 valence electrons. The van der Waals surface area contributed by atoms with Crippen LogP contribution >= 0.6 is 0 Å². The van der Waals surface area contributed by atoms with Gasteiger partial charge in [0.05, 0.1) is 6.04 Å². The summed E-state index contributed by atoms with van der Waals surface area (Å²) < 4.78 is 5.41. The van der Waals surface area contributed by atoms with Crippen LogP contribution in [0.3, 0.4) is 0 Å². The first kappa shape index (κ1) is 12.0. The molecule has 1 unspecified atom stereocenters. The number of hydrogen-bond donors (Lipinski definition) is 0. The molecule has 1 atom stereocenters. The van der Waals surface area contributed by atoms with Crippen LogP contribution in [0.1, 0.15) is 34.1 Å². The van der Waals surface area contributed by atoms with Crippen LogP contribution in [-0.4, -0.2) is 22.6 Å². The van der Waals surface area contributed by atoms with Gasteiger partial charge in [0, 0.05) is 6.20 Å². The number of ether oxygens (including phenoxy) is 1. The van der Waals surface area contributed by atoms with E-state index in [1.54, 1.807) is 4.90 Å². The molecule has 0 spiro atoms. The molecule has 0 aromatic carbocycles. The predicted molar refractivity (Wildman–Crippen MR) is 67.5 cm³/mol. The lowest BCUT2D eigenvalue weighted by atomic mass is 9.96. The van der Waals surface area contributed by atoms with E-state index in [1.165, 1.54) is 5.57 Å². The fourth-order valence-electron chi connectivity index (χ4n) is 2.14. The van der Waals surface area contributed by atoms with Crippen LogP contribution in [0.5, 0.6) is 0 Å². The summed E-state index contributed by atoms with van der Waals surface area (Å²) in [6, 6.07) is 0.120. The standard InChI is InChI=1S/C14H19NO2/c1-10-9-15(13(16)17-14(2,3)4)12-8-6-5-7-11(10)12/h5-7,9,12H,8H2,1-4H3. The molecule has 1 heterocycles. The average Bonchev–Trinajstić information content (AvgIpc) is 2.55. The number of carbonyl (C=O) groups excluding carboxylic acids is 1. The third kappa shape index (κ3) is 2.43. The largest absolute Gasteiger partial charge is 0.443 e. The highest BCUT2D eigenvalue weighted by Crippen LogP contribution is 2.33. The zero-order valence-corrected chi connectivity index (χ0v) is 10.9. The van der Waals surface area contributed by atoms with Crippen LogP contribution in [-0.2, 0) is 4.74 Å². The van der Waals surface area contributed by atoms with Crippen LogP contribution in [0, 0.1) is 0 Å². The maximum atomic E-state index is 12.1. The van der Waals surface area contributed by atoms with Crippen molar-refractivity contribution in [3.8, 4) is 0 Å². The number of hydrogen-bond acceptors (Lipinski definition) is 2. The number of carbonyl (C=O) groups is 1. The highest BCUT2D eigenvalue weighted by atomic mass is 16.6. The summed E-state index contributed by atoms with van der Waals surface area (Å²) in [5.41, 5.74) is 1.92. The first-order chi connectivity index (χ1) is 7.88. The lowest BCUT2D eigenvalue weighted by Crippen LogP contribution is -2.38. The van der Waals surface area contributed by atoms with Crippen LogP contribution in [0.15, 0.2) is 35.6 Å². The van der Waals surface area contributed by atoms with Gasteiger partial charge < -0.3 is 4.74 Å². The van der Waals surface area contributed by atoms with E-state index in [2.05, 4.69) is 12.2 Å². The molecule has 2 aliphatic rings. The zero-order chi connectivity index (χ0) is 12.6. The Bertz CT molecular complexity index is 424. The lowest BCUT2D eigenvalue weighted by molar-refractivity contribution is 0.0305. The number of allylic oxidation sites excluding steroid dienone is 2. The summed E-state index contributed by atoms with van der Waals surface area (Å²) in [5.74, 6) is 0. The van der Waals surface area contributed by atoms with Gasteiger partial charge in [-0.05, 0) is 45.3 Å². The third-order valence-electron chi connectivity index (χ3n) is 2.86. The van der Waals surface area contributed by atoms with E-state index < -0.39 is 5.60 Å². The monoisotopic (exact) mass is 233 g/mol. The molecule has 3 nitrogen and oxygen atoms in total. The summed E-state index contributed by atoms with van der Waals surface area (Å²) in [7, 11) is 0. The molecule has 17 heavy (non-hydrogen) atoms. The molecule has 1 amide bonds. The van der Waals surface area contributed by atoms with E-state index in [1.807, 2.05) is 40.0 Å². The highest BCUT2D eigenvalue weighted by molar-refractivity contribution is 5.73. The van der Waals surface area contributed by atoms with Crippen LogP contribution in [0.25, 0.3) is 0 Å². The van der Waals surface area contributed by atoms with Gasteiger partial charge in [-0.15, -0.1) is 0 Å². The fraction of sp³-hybridized carbons (Fsp3) is 0.500. The van der Waals surface area contributed by atoms with E-state index in [-0.39, 0.29) is 12.1 Å². The maximum absolute atomic E-state index is 12.1. The zero-order valence-electron chi connectivity index (χ0n) is 10.9. The van der Waals surface area contributed by atoms with Crippen molar-refractivity contribution in [3.63, 3.8) is 0 Å². The molecule has 0 bridgehead atoms. The number of nitrogens with zero attached hydrogens (tertiary/aromatic N) is 1. The van der Waals surface area contributed by atoms with Crippen molar-refractivity contribution in [2.75, 3.05) is 0 Å². The van der Waals surface area contributed by atoms with Crippen molar-refractivity contribution in [3.05, 3.63) is 35.6 Å². The van der Waals surface area contributed by atoms with Gasteiger partial charge in [0.1, 0.15) is 5.60 Å². The number of fused-ring (bicyclic) bond motifs is 1. The van der Waals surface area contributed by atoms with E-state index in [9.17, 15) is 4.79 Å². The first-order valence-corrected chi connectivity index (χ1v) is 5.95. The van der Waals surface area contributed by atoms with Gasteiger partial charge in [0.2, 0.25) is 0 Å². The molecule has 1 aliphatic heterocycles. The van der Waals surface area contributed by atoms with Gasteiger partial charge >= 0.3 is 6.09 Å².